The summed E-state index contributed by atoms with van der Waals surface area (Å²) in [4.78, 5) is 0. The van der Waals surface area contributed by atoms with Crippen molar-refractivity contribution < 1.29 is 5.11 Å². The fraction of sp³-hybridized carbons (Fsp3) is 0.647. The maximum atomic E-state index is 9.89. The molecule has 1 atom stereocenters. The lowest BCUT2D eigenvalue weighted by Gasteiger charge is -2.16. The molecule has 0 saturated carbocycles. The third-order valence-corrected chi connectivity index (χ3v) is 3.70. The average molecular weight is 248 g/mol. The summed E-state index contributed by atoms with van der Waals surface area (Å²) in [6, 6.07) is 7.79. The van der Waals surface area contributed by atoms with Gasteiger partial charge in [0.1, 0.15) is 5.75 Å². The molecule has 18 heavy (non-hydrogen) atoms. The first-order chi connectivity index (χ1) is 8.65. The van der Waals surface area contributed by atoms with Gasteiger partial charge < -0.3 is 5.11 Å². The highest BCUT2D eigenvalue weighted by atomic mass is 16.3. The van der Waals surface area contributed by atoms with Gasteiger partial charge >= 0.3 is 0 Å². The largest absolute Gasteiger partial charge is 0.508 e. The predicted octanol–water partition coefficient (Wildman–Crippen LogP) is 5.49. The molecule has 0 heterocycles. The minimum Gasteiger partial charge on any atom is -0.508 e. The van der Waals surface area contributed by atoms with E-state index < -0.39 is 0 Å². The Labute approximate surface area is 112 Å². The van der Waals surface area contributed by atoms with Gasteiger partial charge in [0.2, 0.25) is 0 Å². The van der Waals surface area contributed by atoms with E-state index in [4.69, 9.17) is 0 Å². The molecule has 1 aromatic carbocycles. The van der Waals surface area contributed by atoms with Crippen molar-refractivity contribution in [3.05, 3.63) is 29.8 Å². The average Bonchev–Trinajstić information content (AvgIpc) is 2.35. The SMILES string of the molecule is CCC(CCCCCC(C)C)c1ccccc1O. The Morgan fingerprint density at radius 1 is 1.00 bits per heavy atom. The molecule has 0 spiro atoms. The third-order valence-electron chi connectivity index (χ3n) is 3.70. The fourth-order valence-corrected chi connectivity index (χ4v) is 2.53. The predicted molar refractivity (Wildman–Crippen MR) is 79.1 cm³/mol. The molecular formula is C17H28O. The van der Waals surface area contributed by atoms with Crippen molar-refractivity contribution in [1.29, 1.82) is 0 Å². The summed E-state index contributed by atoms with van der Waals surface area (Å²) in [5, 5.41) is 9.89. The topological polar surface area (TPSA) is 20.2 Å². The molecule has 102 valence electrons. The van der Waals surface area contributed by atoms with Gasteiger partial charge in [0, 0.05) is 0 Å². The van der Waals surface area contributed by atoms with E-state index in [0.717, 1.165) is 17.9 Å². The molecule has 0 fully saturated rings. The second kappa shape index (κ2) is 8.18. The van der Waals surface area contributed by atoms with Crippen LogP contribution >= 0.6 is 0 Å². The molecule has 0 radical (unpaired) electrons. The van der Waals surface area contributed by atoms with Crippen molar-refractivity contribution >= 4 is 0 Å². The molecule has 0 aromatic heterocycles. The minimum atomic E-state index is 0.464. The van der Waals surface area contributed by atoms with E-state index in [-0.39, 0.29) is 0 Å². The lowest BCUT2D eigenvalue weighted by Crippen LogP contribution is -1.98. The van der Waals surface area contributed by atoms with Gasteiger partial charge in [-0.05, 0) is 36.3 Å². The number of phenols is 1. The maximum Gasteiger partial charge on any atom is 0.119 e. The molecule has 1 rings (SSSR count). The van der Waals surface area contributed by atoms with Crippen LogP contribution in [0.1, 0.15) is 70.8 Å². The smallest absolute Gasteiger partial charge is 0.119 e. The van der Waals surface area contributed by atoms with E-state index in [2.05, 4.69) is 26.8 Å². The van der Waals surface area contributed by atoms with Crippen LogP contribution in [-0.4, -0.2) is 5.11 Å². The number of unbranched alkanes of at least 4 members (excludes halogenated alkanes) is 2. The lowest BCUT2D eigenvalue weighted by molar-refractivity contribution is 0.447. The van der Waals surface area contributed by atoms with Gasteiger partial charge in [-0.1, -0.05) is 64.7 Å². The molecule has 0 aliphatic rings. The Balaban J connectivity index is 2.36. The molecule has 1 nitrogen and oxygen atoms in total. The zero-order valence-corrected chi connectivity index (χ0v) is 12.2. The number of hydrogen-bond acceptors (Lipinski definition) is 1. The summed E-state index contributed by atoms with van der Waals surface area (Å²) in [5.41, 5.74) is 1.13. The minimum absolute atomic E-state index is 0.464. The normalized spacial score (nSPS) is 12.9. The molecule has 0 amide bonds. The van der Waals surface area contributed by atoms with Gasteiger partial charge in [0.15, 0.2) is 0 Å². The number of phenolic OH excluding ortho intramolecular Hbond substituents is 1. The first kappa shape index (κ1) is 15.1. The summed E-state index contributed by atoms with van der Waals surface area (Å²) in [6.45, 7) is 6.79. The van der Waals surface area contributed by atoms with Crippen LogP contribution in [0.25, 0.3) is 0 Å². The summed E-state index contributed by atoms with van der Waals surface area (Å²) in [7, 11) is 0. The van der Waals surface area contributed by atoms with Crippen LogP contribution in [0.15, 0.2) is 24.3 Å². The number of rotatable bonds is 8. The molecule has 1 unspecified atom stereocenters. The highest BCUT2D eigenvalue weighted by Crippen LogP contribution is 2.31. The van der Waals surface area contributed by atoms with Crippen LogP contribution in [0.3, 0.4) is 0 Å². The summed E-state index contributed by atoms with van der Waals surface area (Å²) in [6.07, 6.45) is 7.60. The van der Waals surface area contributed by atoms with Crippen LogP contribution in [0.2, 0.25) is 0 Å². The molecule has 0 aliphatic heterocycles. The van der Waals surface area contributed by atoms with Gasteiger partial charge in [-0.3, -0.25) is 0 Å². The highest BCUT2D eigenvalue weighted by molar-refractivity contribution is 5.34. The quantitative estimate of drug-likeness (QED) is 0.603. The molecule has 0 bridgehead atoms. The zero-order chi connectivity index (χ0) is 13.4. The molecule has 1 N–H and O–H groups in total. The van der Waals surface area contributed by atoms with Crippen molar-refractivity contribution in [2.45, 2.75) is 65.2 Å². The van der Waals surface area contributed by atoms with Gasteiger partial charge in [-0.25, -0.2) is 0 Å². The molecular weight excluding hydrogens is 220 g/mol. The first-order valence-corrected chi connectivity index (χ1v) is 7.43. The Kier molecular flexibility index (Phi) is 6.85. The fourth-order valence-electron chi connectivity index (χ4n) is 2.53. The van der Waals surface area contributed by atoms with Crippen molar-refractivity contribution in [1.82, 2.24) is 0 Å². The Bertz CT molecular complexity index is 330. The number of benzene rings is 1. The van der Waals surface area contributed by atoms with E-state index in [1.165, 1.54) is 32.1 Å². The van der Waals surface area contributed by atoms with Gasteiger partial charge in [0.05, 0.1) is 0 Å². The van der Waals surface area contributed by atoms with Crippen molar-refractivity contribution in [2.24, 2.45) is 5.92 Å². The molecule has 0 saturated heterocycles. The number of aromatic hydroxyl groups is 1. The molecule has 1 heteroatoms. The molecule has 0 aliphatic carbocycles. The van der Waals surface area contributed by atoms with E-state index in [9.17, 15) is 5.11 Å². The van der Waals surface area contributed by atoms with Crippen molar-refractivity contribution in [3.63, 3.8) is 0 Å². The van der Waals surface area contributed by atoms with Crippen molar-refractivity contribution in [3.8, 4) is 5.75 Å². The second-order valence-corrected chi connectivity index (χ2v) is 5.70. The van der Waals surface area contributed by atoms with E-state index in [0.29, 0.717) is 11.7 Å². The second-order valence-electron chi connectivity index (χ2n) is 5.70. The Morgan fingerprint density at radius 2 is 1.67 bits per heavy atom. The monoisotopic (exact) mass is 248 g/mol. The summed E-state index contributed by atoms with van der Waals surface area (Å²) < 4.78 is 0. The van der Waals surface area contributed by atoms with Crippen LogP contribution in [-0.2, 0) is 0 Å². The van der Waals surface area contributed by atoms with Crippen LogP contribution in [0.5, 0.6) is 5.75 Å². The van der Waals surface area contributed by atoms with E-state index >= 15 is 0 Å². The maximum absolute atomic E-state index is 9.89. The first-order valence-electron chi connectivity index (χ1n) is 7.43. The van der Waals surface area contributed by atoms with Crippen LogP contribution < -0.4 is 0 Å². The van der Waals surface area contributed by atoms with Crippen LogP contribution in [0.4, 0.5) is 0 Å². The van der Waals surface area contributed by atoms with Crippen LogP contribution in [0, 0.1) is 5.92 Å². The van der Waals surface area contributed by atoms with Gasteiger partial charge in [0.25, 0.3) is 0 Å². The zero-order valence-electron chi connectivity index (χ0n) is 12.2. The summed E-state index contributed by atoms with van der Waals surface area (Å²) in [5.74, 6) is 1.81. The highest BCUT2D eigenvalue weighted by Gasteiger charge is 2.12. The number of para-hydroxylation sites is 1. The summed E-state index contributed by atoms with van der Waals surface area (Å²) >= 11 is 0. The van der Waals surface area contributed by atoms with Gasteiger partial charge in [-0.2, -0.15) is 0 Å². The standard InChI is InChI=1S/C17H28O/c1-4-15(11-7-5-6-10-14(2)3)16-12-8-9-13-17(16)18/h8-9,12-15,18H,4-7,10-11H2,1-3H3. The Morgan fingerprint density at radius 3 is 2.28 bits per heavy atom. The van der Waals surface area contributed by atoms with E-state index in [1.807, 2.05) is 12.1 Å². The van der Waals surface area contributed by atoms with Gasteiger partial charge in [-0.15, -0.1) is 0 Å². The third kappa shape index (κ3) is 5.12. The molecule has 1 aromatic rings. The van der Waals surface area contributed by atoms with Crippen molar-refractivity contribution in [2.75, 3.05) is 0 Å². The Hall–Kier alpha value is -0.980. The lowest BCUT2D eigenvalue weighted by atomic mass is 9.90. The number of hydrogen-bond donors (Lipinski definition) is 1. The van der Waals surface area contributed by atoms with E-state index in [1.54, 1.807) is 6.07 Å².